The third kappa shape index (κ3) is 6.63. The Labute approximate surface area is 204 Å². The molecule has 1 aliphatic heterocycles. The third-order valence-corrected chi connectivity index (χ3v) is 5.82. The van der Waals surface area contributed by atoms with E-state index < -0.39 is 5.97 Å². The zero-order valence-corrected chi connectivity index (χ0v) is 20.8. The van der Waals surface area contributed by atoms with E-state index in [1.54, 1.807) is 24.0 Å². The SMILES string of the molecule is CCCN1C(=O)/C(=C\c2ccc(OCC(=O)OCC)c(OCC)c2)SC1=Nc1ccc(C)cc1. The number of esters is 1. The Morgan fingerprint density at radius 1 is 1.03 bits per heavy atom. The van der Waals surface area contributed by atoms with Crippen molar-refractivity contribution in [2.24, 2.45) is 4.99 Å². The molecule has 0 unspecified atom stereocenters. The van der Waals surface area contributed by atoms with Crippen molar-refractivity contribution in [1.29, 1.82) is 0 Å². The van der Waals surface area contributed by atoms with Crippen LogP contribution in [0.25, 0.3) is 6.08 Å². The summed E-state index contributed by atoms with van der Waals surface area (Å²) in [6.45, 7) is 8.79. The van der Waals surface area contributed by atoms with Crippen LogP contribution < -0.4 is 9.47 Å². The second-order valence-corrected chi connectivity index (χ2v) is 8.54. The van der Waals surface area contributed by atoms with Crippen LogP contribution >= 0.6 is 11.8 Å². The predicted octanol–water partition coefficient (Wildman–Crippen LogP) is 5.35. The Hall–Kier alpha value is -3.26. The van der Waals surface area contributed by atoms with Gasteiger partial charge in [0, 0.05) is 6.54 Å². The number of hydrogen-bond acceptors (Lipinski definition) is 7. The summed E-state index contributed by atoms with van der Waals surface area (Å²) in [7, 11) is 0. The van der Waals surface area contributed by atoms with Crippen molar-refractivity contribution in [3.05, 3.63) is 58.5 Å². The van der Waals surface area contributed by atoms with E-state index in [0.29, 0.717) is 41.3 Å². The third-order valence-electron chi connectivity index (χ3n) is 4.81. The average Bonchev–Trinajstić information content (AvgIpc) is 3.09. The van der Waals surface area contributed by atoms with Gasteiger partial charge in [0.2, 0.25) is 0 Å². The molecule has 1 saturated heterocycles. The van der Waals surface area contributed by atoms with E-state index in [0.717, 1.165) is 23.2 Å². The lowest BCUT2D eigenvalue weighted by Gasteiger charge is -2.14. The molecule has 1 aliphatic rings. The second-order valence-electron chi connectivity index (χ2n) is 7.53. The van der Waals surface area contributed by atoms with Gasteiger partial charge in [0.15, 0.2) is 23.3 Å². The van der Waals surface area contributed by atoms with Crippen LogP contribution in [0.15, 0.2) is 52.4 Å². The first-order chi connectivity index (χ1) is 16.4. The summed E-state index contributed by atoms with van der Waals surface area (Å²) in [5, 5.41) is 0.668. The van der Waals surface area contributed by atoms with Crippen LogP contribution in [-0.2, 0) is 14.3 Å². The van der Waals surface area contributed by atoms with E-state index in [4.69, 9.17) is 19.2 Å². The van der Waals surface area contributed by atoms with Gasteiger partial charge in [-0.05, 0) is 74.9 Å². The Bertz CT molecular complexity index is 1080. The smallest absolute Gasteiger partial charge is 0.344 e. The Morgan fingerprint density at radius 3 is 2.47 bits per heavy atom. The van der Waals surface area contributed by atoms with Gasteiger partial charge in [0.1, 0.15) is 0 Å². The quantitative estimate of drug-likeness (QED) is 0.336. The molecular formula is C26H30N2O5S. The van der Waals surface area contributed by atoms with Gasteiger partial charge in [-0.15, -0.1) is 0 Å². The summed E-state index contributed by atoms with van der Waals surface area (Å²) >= 11 is 1.36. The van der Waals surface area contributed by atoms with Gasteiger partial charge >= 0.3 is 5.97 Å². The molecule has 0 saturated carbocycles. The molecule has 1 heterocycles. The molecule has 3 rings (SSSR count). The molecule has 2 aromatic carbocycles. The number of hydrogen-bond donors (Lipinski definition) is 0. The molecule has 0 bridgehead atoms. The van der Waals surface area contributed by atoms with Gasteiger partial charge < -0.3 is 14.2 Å². The normalized spacial score (nSPS) is 15.8. The van der Waals surface area contributed by atoms with E-state index in [2.05, 4.69) is 0 Å². The highest BCUT2D eigenvalue weighted by atomic mass is 32.2. The van der Waals surface area contributed by atoms with E-state index in [-0.39, 0.29) is 12.5 Å². The maximum absolute atomic E-state index is 13.1. The number of amidine groups is 1. The molecule has 0 aromatic heterocycles. The van der Waals surface area contributed by atoms with Crippen LogP contribution in [0.3, 0.4) is 0 Å². The number of aryl methyl sites for hydroxylation is 1. The van der Waals surface area contributed by atoms with Crippen LogP contribution in [0.1, 0.15) is 38.3 Å². The molecule has 0 radical (unpaired) electrons. The van der Waals surface area contributed by atoms with E-state index >= 15 is 0 Å². The number of rotatable bonds is 10. The number of amides is 1. The van der Waals surface area contributed by atoms with Gasteiger partial charge in [-0.2, -0.15) is 0 Å². The van der Waals surface area contributed by atoms with Crippen molar-refractivity contribution < 1.29 is 23.8 Å². The monoisotopic (exact) mass is 482 g/mol. The van der Waals surface area contributed by atoms with E-state index in [1.807, 2.05) is 57.2 Å². The molecule has 1 fully saturated rings. The lowest BCUT2D eigenvalue weighted by Crippen LogP contribution is -2.29. The zero-order chi connectivity index (χ0) is 24.5. The van der Waals surface area contributed by atoms with Gasteiger partial charge in [-0.1, -0.05) is 30.7 Å². The summed E-state index contributed by atoms with van der Waals surface area (Å²) in [5.74, 6) is 0.422. The summed E-state index contributed by atoms with van der Waals surface area (Å²) in [6.07, 6.45) is 2.65. The van der Waals surface area contributed by atoms with Crippen LogP contribution in [0.4, 0.5) is 5.69 Å². The van der Waals surface area contributed by atoms with Crippen LogP contribution in [0.2, 0.25) is 0 Å². The van der Waals surface area contributed by atoms with Crippen molar-refractivity contribution in [1.82, 2.24) is 4.90 Å². The van der Waals surface area contributed by atoms with Crippen molar-refractivity contribution in [3.63, 3.8) is 0 Å². The highest BCUT2D eigenvalue weighted by Crippen LogP contribution is 2.36. The highest BCUT2D eigenvalue weighted by Gasteiger charge is 2.32. The van der Waals surface area contributed by atoms with Gasteiger partial charge in [-0.3, -0.25) is 9.69 Å². The summed E-state index contributed by atoms with van der Waals surface area (Å²) in [5.41, 5.74) is 2.76. The molecule has 1 amide bonds. The molecule has 0 atom stereocenters. The number of carbonyl (C=O) groups is 2. The molecule has 0 spiro atoms. The maximum atomic E-state index is 13.1. The Morgan fingerprint density at radius 2 is 1.79 bits per heavy atom. The number of nitrogens with zero attached hydrogens (tertiary/aromatic N) is 2. The highest BCUT2D eigenvalue weighted by molar-refractivity contribution is 8.18. The molecule has 0 N–H and O–H groups in total. The summed E-state index contributed by atoms with van der Waals surface area (Å²) in [6, 6.07) is 13.2. The predicted molar refractivity (Wildman–Crippen MR) is 136 cm³/mol. The molecule has 0 aliphatic carbocycles. The first-order valence-corrected chi connectivity index (χ1v) is 12.2. The van der Waals surface area contributed by atoms with Gasteiger partial charge in [0.05, 0.1) is 23.8 Å². The summed E-state index contributed by atoms with van der Waals surface area (Å²) in [4.78, 5) is 31.8. The largest absolute Gasteiger partial charge is 0.490 e. The minimum Gasteiger partial charge on any atom is -0.490 e. The summed E-state index contributed by atoms with van der Waals surface area (Å²) < 4.78 is 16.2. The fraction of sp³-hybridized carbons (Fsp3) is 0.346. The molecule has 2 aromatic rings. The van der Waals surface area contributed by atoms with Crippen LogP contribution in [0.5, 0.6) is 11.5 Å². The number of benzene rings is 2. The lowest BCUT2D eigenvalue weighted by atomic mass is 10.2. The lowest BCUT2D eigenvalue weighted by molar-refractivity contribution is -0.145. The van der Waals surface area contributed by atoms with E-state index in [9.17, 15) is 9.59 Å². The zero-order valence-electron chi connectivity index (χ0n) is 20.0. The maximum Gasteiger partial charge on any atom is 0.344 e. The van der Waals surface area contributed by atoms with Gasteiger partial charge in [-0.25, -0.2) is 9.79 Å². The number of thioether (sulfide) groups is 1. The molecule has 34 heavy (non-hydrogen) atoms. The van der Waals surface area contributed by atoms with E-state index in [1.165, 1.54) is 11.8 Å². The van der Waals surface area contributed by atoms with Crippen molar-refractivity contribution in [3.8, 4) is 11.5 Å². The number of ether oxygens (including phenoxy) is 3. The Balaban J connectivity index is 1.85. The fourth-order valence-corrected chi connectivity index (χ4v) is 4.26. The van der Waals surface area contributed by atoms with Crippen LogP contribution in [0, 0.1) is 6.92 Å². The number of carbonyl (C=O) groups excluding carboxylic acids is 2. The minimum atomic E-state index is -0.444. The second kappa shape index (κ2) is 12.3. The van der Waals surface area contributed by atoms with Crippen molar-refractivity contribution >= 4 is 40.6 Å². The topological polar surface area (TPSA) is 77.4 Å². The number of aliphatic imine (C=N–C) groups is 1. The minimum absolute atomic E-state index is 0.0710. The van der Waals surface area contributed by atoms with Crippen molar-refractivity contribution in [2.75, 3.05) is 26.4 Å². The molecule has 7 nitrogen and oxygen atoms in total. The fourth-order valence-electron chi connectivity index (χ4n) is 3.23. The van der Waals surface area contributed by atoms with Gasteiger partial charge in [0.25, 0.3) is 5.91 Å². The first-order valence-electron chi connectivity index (χ1n) is 11.4. The van der Waals surface area contributed by atoms with Crippen molar-refractivity contribution in [2.45, 2.75) is 34.1 Å². The molecule has 8 heteroatoms. The molecule has 180 valence electrons. The standard InChI is InChI=1S/C26H30N2O5S/c1-5-14-28-25(30)23(34-26(28)27-20-11-8-18(4)9-12-20)16-19-10-13-21(22(15-19)31-6-2)33-17-24(29)32-7-3/h8-13,15-16H,5-7,14,17H2,1-4H3/b23-16+,27-26?. The first kappa shape index (κ1) is 25.4. The Kier molecular flexibility index (Phi) is 9.16. The average molecular weight is 483 g/mol. The molecular weight excluding hydrogens is 452 g/mol. The van der Waals surface area contributed by atoms with Crippen LogP contribution in [-0.4, -0.2) is 48.3 Å².